The summed E-state index contributed by atoms with van der Waals surface area (Å²) in [5.41, 5.74) is 0.0133. The van der Waals surface area contributed by atoms with Crippen molar-refractivity contribution in [2.75, 3.05) is 13.2 Å². The average Bonchev–Trinajstić information content (AvgIpc) is 2.64. The number of alkyl halides is 3. The molecule has 2 amide bonds. The number of benzene rings is 1. The summed E-state index contributed by atoms with van der Waals surface area (Å²) in [6, 6.07) is 2.43. The molecule has 0 spiro atoms. The summed E-state index contributed by atoms with van der Waals surface area (Å²) in [5, 5.41) is 2.58. The Balaban J connectivity index is 2.03. The number of amides is 2. The number of carbonyl (C=O) groups excluding carboxylic acids is 2. The lowest BCUT2D eigenvalue weighted by Gasteiger charge is -2.29. The maximum atomic E-state index is 13.2. The highest BCUT2D eigenvalue weighted by molar-refractivity contribution is 5.94. The Morgan fingerprint density at radius 1 is 1.20 bits per heavy atom. The van der Waals surface area contributed by atoms with Crippen LogP contribution >= 0.6 is 0 Å². The topological polar surface area (TPSA) is 112 Å². The first-order valence-electron chi connectivity index (χ1n) is 9.02. The number of nitrogens with one attached hydrogen (secondary N) is 2. The van der Waals surface area contributed by atoms with Gasteiger partial charge in [0.2, 0.25) is 0 Å². The molecule has 0 atom stereocenters. The number of nitrogen functional groups attached to an aromatic ring is 1. The van der Waals surface area contributed by atoms with Gasteiger partial charge in [-0.1, -0.05) is 6.08 Å². The Kier molecular flexibility index (Phi) is 7.45. The van der Waals surface area contributed by atoms with Crippen molar-refractivity contribution < 1.29 is 37.0 Å². The lowest BCUT2D eigenvalue weighted by atomic mass is 10.0. The molecular formula is C19H24F3N3O5. The Hall–Kier alpha value is -2.63. The predicted molar refractivity (Wildman–Crippen MR) is 101 cm³/mol. The molecule has 0 bridgehead atoms. The van der Waals surface area contributed by atoms with Gasteiger partial charge in [0.1, 0.15) is 5.60 Å². The van der Waals surface area contributed by atoms with Crippen molar-refractivity contribution in [2.24, 2.45) is 5.84 Å². The van der Waals surface area contributed by atoms with E-state index in [1.807, 2.05) is 5.43 Å². The molecule has 0 aliphatic carbocycles. The Labute approximate surface area is 171 Å². The summed E-state index contributed by atoms with van der Waals surface area (Å²) in [6.07, 6.45) is -3.72. The van der Waals surface area contributed by atoms with Gasteiger partial charge in [-0.25, -0.2) is 10.6 Å². The van der Waals surface area contributed by atoms with Crippen LogP contribution in [0.15, 0.2) is 24.3 Å². The molecule has 30 heavy (non-hydrogen) atoms. The third kappa shape index (κ3) is 7.01. The third-order valence-electron chi connectivity index (χ3n) is 3.83. The average molecular weight is 431 g/mol. The SMILES string of the molecule is CC(C)(C)OC(=O)NC1COC(/C=C/c2cc(C(=O)NN)ccc2C(F)(F)F)OC1. The minimum Gasteiger partial charge on any atom is -0.444 e. The number of hydrogen-bond acceptors (Lipinski definition) is 6. The summed E-state index contributed by atoms with van der Waals surface area (Å²) < 4.78 is 55.7. The van der Waals surface area contributed by atoms with Gasteiger partial charge in [-0.05, 0) is 50.6 Å². The fourth-order valence-corrected chi connectivity index (χ4v) is 2.55. The van der Waals surface area contributed by atoms with Gasteiger partial charge in [-0.3, -0.25) is 10.2 Å². The van der Waals surface area contributed by atoms with E-state index in [1.54, 1.807) is 20.8 Å². The van der Waals surface area contributed by atoms with Crippen LogP contribution in [0.1, 0.15) is 42.3 Å². The van der Waals surface area contributed by atoms with E-state index in [-0.39, 0.29) is 24.3 Å². The van der Waals surface area contributed by atoms with E-state index in [9.17, 15) is 22.8 Å². The molecule has 0 saturated carbocycles. The fraction of sp³-hybridized carbons (Fsp3) is 0.474. The number of carbonyl (C=O) groups is 2. The van der Waals surface area contributed by atoms with Crippen molar-refractivity contribution in [3.63, 3.8) is 0 Å². The molecule has 166 valence electrons. The van der Waals surface area contributed by atoms with Gasteiger partial charge >= 0.3 is 12.3 Å². The number of hydrogen-bond donors (Lipinski definition) is 3. The van der Waals surface area contributed by atoms with E-state index in [0.29, 0.717) is 0 Å². The molecule has 11 heteroatoms. The maximum Gasteiger partial charge on any atom is 0.416 e. The monoisotopic (exact) mass is 431 g/mol. The molecule has 1 aliphatic rings. The first kappa shape index (κ1) is 23.6. The zero-order valence-electron chi connectivity index (χ0n) is 16.7. The van der Waals surface area contributed by atoms with Gasteiger partial charge in [-0.2, -0.15) is 13.2 Å². The molecule has 8 nitrogen and oxygen atoms in total. The van der Waals surface area contributed by atoms with Crippen LogP contribution in [-0.4, -0.2) is 43.1 Å². The highest BCUT2D eigenvalue weighted by Crippen LogP contribution is 2.33. The zero-order chi connectivity index (χ0) is 22.5. The van der Waals surface area contributed by atoms with Crippen LogP contribution in [0.4, 0.5) is 18.0 Å². The van der Waals surface area contributed by atoms with Crippen LogP contribution in [-0.2, 0) is 20.4 Å². The summed E-state index contributed by atoms with van der Waals surface area (Å²) >= 11 is 0. The van der Waals surface area contributed by atoms with Gasteiger partial charge in [0.25, 0.3) is 5.91 Å². The first-order valence-corrected chi connectivity index (χ1v) is 9.02. The molecule has 1 aromatic rings. The van der Waals surface area contributed by atoms with E-state index < -0.39 is 41.7 Å². The second-order valence-corrected chi connectivity index (χ2v) is 7.51. The van der Waals surface area contributed by atoms with Gasteiger partial charge in [-0.15, -0.1) is 0 Å². The summed E-state index contributed by atoms with van der Waals surface area (Å²) in [4.78, 5) is 23.4. The number of hydrazine groups is 1. The minimum absolute atomic E-state index is 0.0303. The molecule has 2 rings (SSSR count). The van der Waals surface area contributed by atoms with Crippen molar-refractivity contribution in [3.05, 3.63) is 41.0 Å². The van der Waals surface area contributed by atoms with Crippen LogP contribution in [0.25, 0.3) is 6.08 Å². The maximum absolute atomic E-state index is 13.2. The van der Waals surface area contributed by atoms with Crippen molar-refractivity contribution >= 4 is 18.1 Å². The van der Waals surface area contributed by atoms with Gasteiger partial charge in [0, 0.05) is 5.56 Å². The van der Waals surface area contributed by atoms with Crippen LogP contribution in [0, 0.1) is 0 Å². The third-order valence-corrected chi connectivity index (χ3v) is 3.83. The number of ether oxygens (including phenoxy) is 3. The summed E-state index contributed by atoms with van der Waals surface area (Å²) in [7, 11) is 0. The Morgan fingerprint density at radius 3 is 2.37 bits per heavy atom. The van der Waals surface area contributed by atoms with E-state index in [2.05, 4.69) is 5.32 Å². The van der Waals surface area contributed by atoms with E-state index in [0.717, 1.165) is 24.3 Å². The van der Waals surface area contributed by atoms with Crippen molar-refractivity contribution in [3.8, 4) is 0 Å². The fourth-order valence-electron chi connectivity index (χ4n) is 2.55. The van der Waals surface area contributed by atoms with Crippen LogP contribution < -0.4 is 16.6 Å². The predicted octanol–water partition coefficient (Wildman–Crippen LogP) is 2.59. The molecule has 1 aromatic carbocycles. The summed E-state index contributed by atoms with van der Waals surface area (Å²) in [6.45, 7) is 5.33. The number of nitrogens with two attached hydrogens (primary N) is 1. The zero-order valence-corrected chi connectivity index (χ0v) is 16.7. The van der Waals surface area contributed by atoms with E-state index >= 15 is 0 Å². The Bertz CT molecular complexity index is 798. The van der Waals surface area contributed by atoms with Gasteiger partial charge in [0.15, 0.2) is 6.29 Å². The quantitative estimate of drug-likeness (QED) is 0.384. The molecule has 0 radical (unpaired) electrons. The molecular weight excluding hydrogens is 407 g/mol. The van der Waals surface area contributed by atoms with E-state index in [1.165, 1.54) is 6.08 Å². The molecule has 0 unspecified atom stereocenters. The van der Waals surface area contributed by atoms with Crippen molar-refractivity contribution in [2.45, 2.75) is 44.9 Å². The van der Waals surface area contributed by atoms with E-state index in [4.69, 9.17) is 20.1 Å². The summed E-state index contributed by atoms with van der Waals surface area (Å²) in [5.74, 6) is 4.31. The van der Waals surface area contributed by atoms with Crippen molar-refractivity contribution in [1.29, 1.82) is 0 Å². The Morgan fingerprint density at radius 2 is 1.83 bits per heavy atom. The highest BCUT2D eigenvalue weighted by atomic mass is 19.4. The standard InChI is InChI=1S/C19H24F3N3O5/c1-18(2,3)30-17(27)24-13-9-28-15(29-10-13)7-5-11-8-12(16(26)25-23)4-6-14(11)19(20,21)22/h4-8,13,15H,9-10,23H2,1-3H3,(H,24,27)(H,25,26)/b7-5+. The number of halogens is 3. The smallest absolute Gasteiger partial charge is 0.416 e. The molecule has 4 N–H and O–H groups in total. The number of alkyl carbamates (subject to hydrolysis) is 1. The largest absolute Gasteiger partial charge is 0.444 e. The highest BCUT2D eigenvalue weighted by Gasteiger charge is 2.33. The second-order valence-electron chi connectivity index (χ2n) is 7.51. The molecule has 1 saturated heterocycles. The van der Waals surface area contributed by atoms with Crippen LogP contribution in [0.2, 0.25) is 0 Å². The minimum atomic E-state index is -4.62. The normalized spacial score (nSPS) is 20.1. The lowest BCUT2D eigenvalue weighted by Crippen LogP contribution is -2.48. The molecule has 1 aliphatic heterocycles. The molecule has 0 aromatic heterocycles. The molecule has 1 fully saturated rings. The van der Waals surface area contributed by atoms with Gasteiger partial charge < -0.3 is 19.5 Å². The lowest BCUT2D eigenvalue weighted by molar-refractivity contribution is -0.161. The first-order chi connectivity index (χ1) is 13.9. The second kappa shape index (κ2) is 9.45. The van der Waals surface area contributed by atoms with Gasteiger partial charge in [0.05, 0.1) is 24.8 Å². The van der Waals surface area contributed by atoms with Crippen molar-refractivity contribution in [1.82, 2.24) is 10.7 Å². The van der Waals surface area contributed by atoms with Crippen LogP contribution in [0.5, 0.6) is 0 Å². The number of rotatable bonds is 4. The molecule has 1 heterocycles. The van der Waals surface area contributed by atoms with Crippen LogP contribution in [0.3, 0.4) is 0 Å².